The largest absolute Gasteiger partial charge is 0.460 e. The monoisotopic (exact) mass is 460 g/mol. The van der Waals surface area contributed by atoms with Gasteiger partial charge in [0.05, 0.1) is 23.5 Å². The van der Waals surface area contributed by atoms with Crippen LogP contribution in [0, 0.1) is 0 Å². The van der Waals surface area contributed by atoms with Crippen LogP contribution < -0.4 is 16.0 Å². The Morgan fingerprint density at radius 3 is 2.47 bits per heavy atom. The number of anilines is 4. The standard InChI is InChI=1S/C27H32N4O3/c1-33-16-17-34-27(32)22-10-11-26(25(28)18-22)29-23-8-5-9-24(19-23)31-14-12-30(13-15-31)20-21-6-3-2-4-7-21/h2-11,18-19,29H,12-17,20,28H2,1H3. The summed E-state index contributed by atoms with van der Waals surface area (Å²) >= 11 is 0. The van der Waals surface area contributed by atoms with Crippen LogP contribution in [-0.4, -0.2) is 57.4 Å². The molecular weight excluding hydrogens is 428 g/mol. The number of esters is 1. The molecule has 0 aliphatic carbocycles. The van der Waals surface area contributed by atoms with E-state index in [0.717, 1.165) is 44.1 Å². The number of carbonyl (C=O) groups excluding carboxylic acids is 1. The Balaban J connectivity index is 1.34. The van der Waals surface area contributed by atoms with Crippen LogP contribution in [0.3, 0.4) is 0 Å². The molecule has 0 radical (unpaired) electrons. The lowest BCUT2D eigenvalue weighted by Gasteiger charge is -2.36. The number of nitrogens with two attached hydrogens (primary N) is 1. The highest BCUT2D eigenvalue weighted by Crippen LogP contribution is 2.28. The number of nitrogens with one attached hydrogen (secondary N) is 1. The number of hydrogen-bond donors (Lipinski definition) is 2. The van der Waals surface area contributed by atoms with Crippen molar-refractivity contribution in [3.63, 3.8) is 0 Å². The Kier molecular flexibility index (Phi) is 8.01. The van der Waals surface area contributed by atoms with E-state index in [1.165, 1.54) is 11.3 Å². The first-order valence-corrected chi connectivity index (χ1v) is 11.6. The van der Waals surface area contributed by atoms with Gasteiger partial charge in [-0.2, -0.15) is 0 Å². The first-order chi connectivity index (χ1) is 16.6. The van der Waals surface area contributed by atoms with Gasteiger partial charge in [-0.05, 0) is 42.0 Å². The van der Waals surface area contributed by atoms with E-state index in [1.807, 2.05) is 12.1 Å². The number of hydrogen-bond acceptors (Lipinski definition) is 7. The van der Waals surface area contributed by atoms with Crippen LogP contribution in [0.2, 0.25) is 0 Å². The maximum absolute atomic E-state index is 12.1. The van der Waals surface area contributed by atoms with Crippen molar-refractivity contribution < 1.29 is 14.3 Å². The molecule has 7 heteroatoms. The van der Waals surface area contributed by atoms with Crippen LogP contribution in [0.15, 0.2) is 72.8 Å². The molecule has 0 amide bonds. The van der Waals surface area contributed by atoms with Crippen molar-refractivity contribution in [3.05, 3.63) is 83.9 Å². The van der Waals surface area contributed by atoms with Crippen molar-refractivity contribution in [2.45, 2.75) is 6.54 Å². The number of ether oxygens (including phenoxy) is 2. The molecule has 3 aromatic rings. The van der Waals surface area contributed by atoms with Crippen molar-refractivity contribution in [1.82, 2.24) is 4.90 Å². The van der Waals surface area contributed by atoms with Crippen LogP contribution in [0.5, 0.6) is 0 Å². The van der Waals surface area contributed by atoms with E-state index in [4.69, 9.17) is 15.2 Å². The zero-order chi connectivity index (χ0) is 23.8. The van der Waals surface area contributed by atoms with E-state index in [-0.39, 0.29) is 6.61 Å². The van der Waals surface area contributed by atoms with E-state index in [0.29, 0.717) is 17.9 Å². The number of nitrogen functional groups attached to an aromatic ring is 1. The summed E-state index contributed by atoms with van der Waals surface area (Å²) in [6.07, 6.45) is 0. The van der Waals surface area contributed by atoms with Crippen molar-refractivity contribution in [3.8, 4) is 0 Å². The van der Waals surface area contributed by atoms with Crippen molar-refractivity contribution in [2.75, 3.05) is 62.5 Å². The summed E-state index contributed by atoms with van der Waals surface area (Å²) in [5.74, 6) is -0.413. The van der Waals surface area contributed by atoms with Crippen molar-refractivity contribution in [1.29, 1.82) is 0 Å². The Morgan fingerprint density at radius 2 is 1.74 bits per heavy atom. The van der Waals surface area contributed by atoms with E-state index >= 15 is 0 Å². The molecule has 178 valence electrons. The molecule has 3 aromatic carbocycles. The molecule has 1 fully saturated rings. The minimum atomic E-state index is -0.413. The molecule has 0 aromatic heterocycles. The molecule has 1 aliphatic heterocycles. The topological polar surface area (TPSA) is 80.1 Å². The lowest BCUT2D eigenvalue weighted by atomic mass is 10.1. The zero-order valence-electron chi connectivity index (χ0n) is 19.6. The third kappa shape index (κ3) is 6.27. The smallest absolute Gasteiger partial charge is 0.338 e. The molecule has 1 heterocycles. The number of methoxy groups -OCH3 is 1. The van der Waals surface area contributed by atoms with Crippen LogP contribution in [0.1, 0.15) is 15.9 Å². The second-order valence-electron chi connectivity index (χ2n) is 8.35. The highest BCUT2D eigenvalue weighted by molar-refractivity contribution is 5.92. The summed E-state index contributed by atoms with van der Waals surface area (Å²) in [5.41, 5.74) is 11.4. The Bertz CT molecular complexity index is 1080. The summed E-state index contributed by atoms with van der Waals surface area (Å²) in [7, 11) is 1.56. The molecule has 34 heavy (non-hydrogen) atoms. The number of carbonyl (C=O) groups is 1. The van der Waals surface area contributed by atoms with Gasteiger partial charge in [-0.15, -0.1) is 0 Å². The Labute approximate surface area is 201 Å². The van der Waals surface area contributed by atoms with Gasteiger partial charge in [-0.25, -0.2) is 4.79 Å². The van der Waals surface area contributed by atoms with Crippen molar-refractivity contribution in [2.24, 2.45) is 0 Å². The zero-order valence-corrected chi connectivity index (χ0v) is 19.6. The molecule has 0 spiro atoms. The summed E-state index contributed by atoms with van der Waals surface area (Å²) in [6, 6.07) is 24.1. The van der Waals surface area contributed by atoms with Gasteiger partial charge < -0.3 is 25.4 Å². The van der Waals surface area contributed by atoms with Gasteiger partial charge >= 0.3 is 5.97 Å². The fourth-order valence-electron chi connectivity index (χ4n) is 4.05. The van der Waals surface area contributed by atoms with Gasteiger partial charge in [-0.3, -0.25) is 4.90 Å². The van der Waals surface area contributed by atoms with Crippen LogP contribution in [-0.2, 0) is 16.0 Å². The maximum Gasteiger partial charge on any atom is 0.338 e. The number of nitrogens with zero attached hydrogens (tertiary/aromatic N) is 2. The number of benzene rings is 3. The molecule has 0 atom stereocenters. The van der Waals surface area contributed by atoms with Crippen LogP contribution in [0.25, 0.3) is 0 Å². The molecule has 4 rings (SSSR count). The van der Waals surface area contributed by atoms with Gasteiger partial charge in [0.2, 0.25) is 0 Å². The summed E-state index contributed by atoms with van der Waals surface area (Å²) in [6.45, 7) is 5.59. The summed E-state index contributed by atoms with van der Waals surface area (Å²) in [4.78, 5) is 17.0. The Hall–Kier alpha value is -3.55. The third-order valence-electron chi connectivity index (χ3n) is 5.92. The average Bonchev–Trinajstić information content (AvgIpc) is 2.86. The highest BCUT2D eigenvalue weighted by atomic mass is 16.6. The molecule has 3 N–H and O–H groups in total. The molecule has 0 saturated carbocycles. The molecule has 7 nitrogen and oxygen atoms in total. The summed E-state index contributed by atoms with van der Waals surface area (Å²) < 4.78 is 10.1. The Morgan fingerprint density at radius 1 is 0.941 bits per heavy atom. The van der Waals surface area contributed by atoms with Crippen molar-refractivity contribution >= 4 is 28.7 Å². The van der Waals surface area contributed by atoms with Gasteiger partial charge in [0, 0.05) is 51.2 Å². The van der Waals surface area contributed by atoms with E-state index < -0.39 is 5.97 Å². The van der Waals surface area contributed by atoms with Gasteiger partial charge in [-0.1, -0.05) is 36.4 Å². The van der Waals surface area contributed by atoms with Gasteiger partial charge in [0.15, 0.2) is 0 Å². The lowest BCUT2D eigenvalue weighted by molar-refractivity contribution is 0.0388. The fraction of sp³-hybridized carbons (Fsp3) is 0.296. The van der Waals surface area contributed by atoms with E-state index in [1.54, 1.807) is 25.3 Å². The second kappa shape index (κ2) is 11.5. The third-order valence-corrected chi connectivity index (χ3v) is 5.92. The molecular formula is C27H32N4O3. The first-order valence-electron chi connectivity index (χ1n) is 11.6. The minimum Gasteiger partial charge on any atom is -0.460 e. The normalized spacial score (nSPS) is 14.1. The molecule has 1 saturated heterocycles. The van der Waals surface area contributed by atoms with Crippen LogP contribution in [0.4, 0.5) is 22.7 Å². The van der Waals surface area contributed by atoms with E-state index in [2.05, 4.69) is 57.6 Å². The van der Waals surface area contributed by atoms with Gasteiger partial charge in [0.1, 0.15) is 6.61 Å². The molecule has 0 bridgehead atoms. The second-order valence-corrected chi connectivity index (χ2v) is 8.35. The predicted octanol–water partition coefficient (Wildman–Crippen LogP) is 4.14. The maximum atomic E-state index is 12.1. The highest BCUT2D eigenvalue weighted by Gasteiger charge is 2.18. The SMILES string of the molecule is COCCOC(=O)c1ccc(Nc2cccc(N3CCN(Cc4ccccc4)CC3)c2)c(N)c1. The fourth-order valence-corrected chi connectivity index (χ4v) is 4.05. The average molecular weight is 461 g/mol. The van der Waals surface area contributed by atoms with Gasteiger partial charge in [0.25, 0.3) is 0 Å². The first kappa shape index (κ1) is 23.6. The lowest BCUT2D eigenvalue weighted by Crippen LogP contribution is -2.45. The molecule has 1 aliphatic rings. The summed E-state index contributed by atoms with van der Waals surface area (Å²) in [5, 5.41) is 3.38. The predicted molar refractivity (Wildman–Crippen MR) is 137 cm³/mol. The quantitative estimate of drug-likeness (QED) is 0.282. The minimum absolute atomic E-state index is 0.211. The van der Waals surface area contributed by atoms with E-state index in [9.17, 15) is 4.79 Å². The molecule has 0 unspecified atom stereocenters. The van der Waals surface area contributed by atoms with Crippen LogP contribution >= 0.6 is 0 Å². The number of rotatable bonds is 9. The number of piperazine rings is 1.